The monoisotopic (exact) mass is 436 g/mol. The van der Waals surface area contributed by atoms with Crippen molar-refractivity contribution in [2.24, 2.45) is 5.92 Å². The summed E-state index contributed by atoms with van der Waals surface area (Å²) in [6.07, 6.45) is 3.11. The zero-order valence-corrected chi connectivity index (χ0v) is 17.6. The van der Waals surface area contributed by atoms with Crippen molar-refractivity contribution in [3.8, 4) is 5.75 Å². The van der Waals surface area contributed by atoms with Crippen LogP contribution in [0.5, 0.6) is 5.75 Å². The fourth-order valence-corrected chi connectivity index (χ4v) is 3.86. The summed E-state index contributed by atoms with van der Waals surface area (Å²) in [5, 5.41) is 22.5. The lowest BCUT2D eigenvalue weighted by molar-refractivity contribution is -0.142. The number of carboxylic acids is 1. The number of ether oxygens (including phenoxy) is 1. The molecule has 0 bridgehead atoms. The van der Waals surface area contributed by atoms with Crippen molar-refractivity contribution in [1.82, 2.24) is 10.2 Å². The summed E-state index contributed by atoms with van der Waals surface area (Å²) in [5.74, 6) is -0.529. The zero-order valence-electron chi connectivity index (χ0n) is 17.6. The molecule has 0 saturated heterocycles. The van der Waals surface area contributed by atoms with Crippen LogP contribution < -0.4 is 15.4 Å². The number of carbonyl (C=O) groups excluding carboxylic acids is 1. The number of aromatic nitrogens is 2. The van der Waals surface area contributed by atoms with E-state index in [1.54, 1.807) is 31.4 Å². The topological polar surface area (TPSA) is 127 Å². The fourth-order valence-electron chi connectivity index (χ4n) is 3.86. The van der Waals surface area contributed by atoms with E-state index in [1.165, 1.54) is 0 Å². The number of aliphatic carboxylic acids is 1. The molecule has 166 valence electrons. The van der Waals surface area contributed by atoms with Crippen LogP contribution in [0.25, 0.3) is 0 Å². The Morgan fingerprint density at radius 1 is 0.969 bits per heavy atom. The predicted molar refractivity (Wildman–Crippen MR) is 117 cm³/mol. The van der Waals surface area contributed by atoms with Gasteiger partial charge in [0.15, 0.2) is 0 Å². The molecule has 4 rings (SSSR count). The Bertz CT molecular complexity index is 1070. The van der Waals surface area contributed by atoms with Crippen LogP contribution in [0.3, 0.4) is 0 Å². The summed E-state index contributed by atoms with van der Waals surface area (Å²) in [4.78, 5) is 23.6. The molecule has 2 aromatic carbocycles. The van der Waals surface area contributed by atoms with Gasteiger partial charge in [-0.05, 0) is 73.6 Å². The van der Waals surface area contributed by atoms with Crippen molar-refractivity contribution >= 4 is 29.3 Å². The van der Waals surface area contributed by atoms with Crippen LogP contribution >= 0.6 is 0 Å². The van der Waals surface area contributed by atoms with Crippen molar-refractivity contribution < 1.29 is 23.8 Å². The van der Waals surface area contributed by atoms with Gasteiger partial charge in [0.25, 0.3) is 0 Å². The van der Waals surface area contributed by atoms with Gasteiger partial charge in [0.1, 0.15) is 5.75 Å². The Kier molecular flexibility index (Phi) is 6.34. The summed E-state index contributed by atoms with van der Waals surface area (Å²) in [6.45, 7) is 0. The van der Waals surface area contributed by atoms with Gasteiger partial charge in [0.05, 0.1) is 13.0 Å². The lowest BCUT2D eigenvalue weighted by Gasteiger charge is -2.26. The highest BCUT2D eigenvalue weighted by Gasteiger charge is 2.26. The minimum Gasteiger partial charge on any atom is -0.497 e. The lowest BCUT2D eigenvalue weighted by atomic mass is 9.79. The number of rotatable bonds is 7. The number of hydrogen-bond acceptors (Lipinski definition) is 7. The van der Waals surface area contributed by atoms with E-state index in [-0.39, 0.29) is 17.8 Å². The van der Waals surface area contributed by atoms with Gasteiger partial charge in [0, 0.05) is 11.4 Å². The van der Waals surface area contributed by atoms with Gasteiger partial charge in [-0.15, -0.1) is 5.10 Å². The average molecular weight is 436 g/mol. The Hall–Kier alpha value is -3.88. The summed E-state index contributed by atoms with van der Waals surface area (Å²) in [5.41, 5.74) is 2.48. The van der Waals surface area contributed by atoms with Crippen molar-refractivity contribution in [3.63, 3.8) is 0 Å². The van der Waals surface area contributed by atoms with Crippen molar-refractivity contribution in [2.75, 3.05) is 17.7 Å². The van der Waals surface area contributed by atoms with E-state index in [1.807, 2.05) is 24.3 Å². The molecule has 9 heteroatoms. The first-order valence-electron chi connectivity index (χ1n) is 10.4. The number of amides is 1. The molecule has 0 atom stereocenters. The van der Waals surface area contributed by atoms with Gasteiger partial charge >= 0.3 is 23.8 Å². The lowest BCUT2D eigenvalue weighted by Crippen LogP contribution is -2.20. The van der Waals surface area contributed by atoms with Gasteiger partial charge in [0.2, 0.25) is 0 Å². The van der Waals surface area contributed by atoms with E-state index < -0.39 is 11.9 Å². The number of benzene rings is 2. The first-order chi connectivity index (χ1) is 15.5. The van der Waals surface area contributed by atoms with E-state index in [4.69, 9.17) is 14.3 Å². The second-order valence-corrected chi connectivity index (χ2v) is 7.73. The molecule has 32 heavy (non-hydrogen) atoms. The number of nitrogens with one attached hydrogen (secondary N) is 2. The van der Waals surface area contributed by atoms with E-state index in [0.29, 0.717) is 24.4 Å². The van der Waals surface area contributed by atoms with Gasteiger partial charge in [-0.1, -0.05) is 17.2 Å². The van der Waals surface area contributed by atoms with Gasteiger partial charge in [-0.25, -0.2) is 0 Å². The molecule has 1 fully saturated rings. The maximum atomic E-state index is 12.4. The number of carboxylic acid groups (broad SMARTS) is 1. The van der Waals surface area contributed by atoms with Gasteiger partial charge < -0.3 is 24.9 Å². The summed E-state index contributed by atoms with van der Waals surface area (Å²) in [6, 6.07) is 14.8. The molecule has 9 nitrogen and oxygen atoms in total. The van der Waals surface area contributed by atoms with E-state index >= 15 is 0 Å². The summed E-state index contributed by atoms with van der Waals surface area (Å²) in [7, 11) is 1.59. The molecule has 3 N–H and O–H groups in total. The van der Waals surface area contributed by atoms with E-state index in [9.17, 15) is 9.59 Å². The van der Waals surface area contributed by atoms with Crippen LogP contribution in [-0.4, -0.2) is 34.3 Å². The highest BCUT2D eigenvalue weighted by molar-refractivity contribution is 6.00. The van der Waals surface area contributed by atoms with Crippen molar-refractivity contribution in [2.45, 2.75) is 31.6 Å². The minimum absolute atomic E-state index is 0.104. The van der Waals surface area contributed by atoms with Crippen LogP contribution in [0.2, 0.25) is 0 Å². The van der Waals surface area contributed by atoms with Crippen LogP contribution in [-0.2, 0) is 4.79 Å². The maximum absolute atomic E-state index is 12.4. The van der Waals surface area contributed by atoms with E-state index in [2.05, 4.69) is 20.8 Å². The molecule has 1 aromatic heterocycles. The molecule has 1 amide bonds. The van der Waals surface area contributed by atoms with Crippen molar-refractivity contribution in [1.29, 1.82) is 0 Å². The third-order valence-electron chi connectivity index (χ3n) is 5.68. The molecule has 3 aromatic rings. The number of nitrogens with zero attached hydrogens (tertiary/aromatic N) is 2. The number of anilines is 3. The highest BCUT2D eigenvalue weighted by Crippen LogP contribution is 2.36. The van der Waals surface area contributed by atoms with Gasteiger partial charge in [-0.3, -0.25) is 9.59 Å². The average Bonchev–Trinajstić information content (AvgIpc) is 3.29. The predicted octanol–water partition coefficient (Wildman–Crippen LogP) is 4.43. The molecule has 1 aliphatic carbocycles. The number of carbonyl (C=O) groups is 2. The smallest absolute Gasteiger partial charge is 0.320 e. The van der Waals surface area contributed by atoms with Crippen LogP contribution in [0.4, 0.5) is 17.4 Å². The normalized spacial score (nSPS) is 18.0. The second kappa shape index (κ2) is 9.51. The quantitative estimate of drug-likeness (QED) is 0.496. The SMILES string of the molecule is COc1ccc(Nc2nnc(C(=O)Nc3ccc([C@H]4CC[C@H](C(=O)O)CC4)cc3)o2)cc1. The third-order valence-corrected chi connectivity index (χ3v) is 5.68. The standard InChI is InChI=1S/C23H24N4O5/c1-31-19-12-10-18(11-13-19)25-23-27-26-21(32-23)20(28)24-17-8-6-15(7-9-17)14-2-4-16(5-3-14)22(29)30/h6-14,16H,2-5H2,1H3,(H,24,28)(H,25,27)(H,29,30)/t14-,16-. The Balaban J connectivity index is 1.32. The van der Waals surface area contributed by atoms with Crippen LogP contribution in [0, 0.1) is 5.92 Å². The number of hydrogen-bond donors (Lipinski definition) is 3. The Morgan fingerprint density at radius 2 is 1.62 bits per heavy atom. The zero-order chi connectivity index (χ0) is 22.5. The molecule has 0 radical (unpaired) electrons. The third kappa shape index (κ3) is 5.05. The largest absolute Gasteiger partial charge is 0.497 e. The molecule has 0 spiro atoms. The van der Waals surface area contributed by atoms with Gasteiger partial charge in [-0.2, -0.15) is 0 Å². The first-order valence-corrected chi connectivity index (χ1v) is 10.4. The molecular weight excluding hydrogens is 412 g/mol. The Morgan fingerprint density at radius 3 is 2.25 bits per heavy atom. The molecule has 1 saturated carbocycles. The Labute approximate surface area is 184 Å². The first kappa shape index (κ1) is 21.4. The van der Waals surface area contributed by atoms with E-state index in [0.717, 1.165) is 29.8 Å². The maximum Gasteiger partial charge on any atom is 0.320 e. The second-order valence-electron chi connectivity index (χ2n) is 7.73. The minimum atomic E-state index is -0.704. The molecule has 1 heterocycles. The molecular formula is C23H24N4O5. The summed E-state index contributed by atoms with van der Waals surface area (Å²) < 4.78 is 10.5. The van der Waals surface area contributed by atoms with Crippen LogP contribution in [0.15, 0.2) is 52.9 Å². The molecule has 0 aliphatic heterocycles. The fraction of sp³-hybridized carbons (Fsp3) is 0.304. The highest BCUT2D eigenvalue weighted by atomic mass is 16.5. The number of methoxy groups -OCH3 is 1. The summed E-state index contributed by atoms with van der Waals surface area (Å²) >= 11 is 0. The molecule has 1 aliphatic rings. The van der Waals surface area contributed by atoms with Crippen molar-refractivity contribution in [3.05, 3.63) is 60.0 Å². The van der Waals surface area contributed by atoms with Crippen LogP contribution in [0.1, 0.15) is 47.8 Å². The molecule has 0 unspecified atom stereocenters.